The Morgan fingerprint density at radius 3 is 2.29 bits per heavy atom. The molecule has 0 saturated carbocycles. The molecule has 0 heterocycles. The second-order valence-corrected chi connectivity index (χ2v) is 5.14. The van der Waals surface area contributed by atoms with Crippen LogP contribution in [0.5, 0.6) is 5.75 Å². The molecular weight excluding hydrogens is 291 g/mol. The molecule has 0 atom stereocenters. The van der Waals surface area contributed by atoms with Gasteiger partial charge in [0.25, 0.3) is 0 Å². The van der Waals surface area contributed by atoms with E-state index in [4.69, 9.17) is 4.89 Å². The van der Waals surface area contributed by atoms with Crippen LogP contribution in [0.4, 0.5) is 0 Å². The third-order valence-electron chi connectivity index (χ3n) is 3.27. The van der Waals surface area contributed by atoms with Crippen LogP contribution in [0, 0.1) is 0 Å². The van der Waals surface area contributed by atoms with Gasteiger partial charge in [0.05, 0.1) is 0 Å². The molecule has 21 heavy (non-hydrogen) atoms. The van der Waals surface area contributed by atoms with Crippen LogP contribution in [-0.2, 0) is 16.1 Å². The smallest absolute Gasteiger partial charge is 0.287 e. The first-order valence-corrected chi connectivity index (χ1v) is 7.67. The molecule has 113 valence electrons. The van der Waals surface area contributed by atoms with Crippen LogP contribution >= 0.6 is 0 Å². The van der Waals surface area contributed by atoms with Gasteiger partial charge in [0.1, 0.15) is 0 Å². The number of aryl methyl sites for hydroxylation is 1. The largest absolute Gasteiger partial charge is 0.352 e. The Morgan fingerprint density at radius 2 is 1.62 bits per heavy atom. The van der Waals surface area contributed by atoms with Gasteiger partial charge < -0.3 is 0 Å². The summed E-state index contributed by atoms with van der Waals surface area (Å²) in [6.45, 7) is 3.57. The fraction of sp³-hybridized carbons (Fsp3) is 0.588. The molecule has 1 radical (unpaired) electrons. The summed E-state index contributed by atoms with van der Waals surface area (Å²) >= 11 is 0. The molecule has 4 heteroatoms. The van der Waals surface area contributed by atoms with Crippen molar-refractivity contribution in [3.05, 3.63) is 29.8 Å². The van der Waals surface area contributed by atoms with E-state index in [9.17, 15) is 4.79 Å². The molecule has 0 saturated heterocycles. The Morgan fingerprint density at radius 1 is 1.00 bits per heavy atom. The normalized spacial score (nSPS) is 9.81. The molecule has 0 aromatic heterocycles. The molecule has 0 bridgehead atoms. The monoisotopic (exact) mass is 317 g/mol. The molecule has 0 fully saturated rings. The quantitative estimate of drug-likeness (QED) is 0.277. The molecule has 1 aromatic rings. The zero-order valence-electron chi connectivity index (χ0n) is 13.7. The van der Waals surface area contributed by atoms with Crippen molar-refractivity contribution in [3.63, 3.8) is 0 Å². The van der Waals surface area contributed by atoms with E-state index in [1.54, 1.807) is 0 Å². The maximum atomic E-state index is 10.8. The molecule has 0 N–H and O–H groups in total. The first-order valence-electron chi connectivity index (χ1n) is 7.67. The summed E-state index contributed by atoms with van der Waals surface area (Å²) in [5.74, 6) is 0.212. The van der Waals surface area contributed by atoms with Crippen molar-refractivity contribution in [3.8, 4) is 5.75 Å². The summed E-state index contributed by atoms with van der Waals surface area (Å²) in [6.07, 6.45) is 9.97. The number of carbonyl (C=O) groups is 1. The summed E-state index contributed by atoms with van der Waals surface area (Å²) < 4.78 is 0. The Labute approximate surface area is 171 Å². The number of hydrogen-bond donors (Lipinski definition) is 0. The number of rotatable bonds is 10. The molecule has 1 aromatic carbocycles. The number of carbonyl (C=O) groups excluding carboxylic acids is 1. The third-order valence-corrected chi connectivity index (χ3v) is 3.27. The van der Waals surface area contributed by atoms with Crippen LogP contribution in [0.15, 0.2) is 24.3 Å². The number of hydrogen-bond acceptors (Lipinski definition) is 3. The van der Waals surface area contributed by atoms with Crippen LogP contribution in [0.2, 0.25) is 0 Å². The van der Waals surface area contributed by atoms with Gasteiger partial charge in [0.2, 0.25) is 0 Å². The molecular formula is C17H26KO3. The summed E-state index contributed by atoms with van der Waals surface area (Å²) in [5, 5.41) is 0. The summed E-state index contributed by atoms with van der Waals surface area (Å²) in [4.78, 5) is 20.4. The SMILES string of the molecule is CCCCCCCCCc1ccccc1OOC(C)=O.[K]. The second kappa shape index (κ2) is 13.8. The van der Waals surface area contributed by atoms with E-state index < -0.39 is 5.97 Å². The van der Waals surface area contributed by atoms with Crippen molar-refractivity contribution in [1.29, 1.82) is 0 Å². The Kier molecular flexibility index (Phi) is 13.8. The predicted molar refractivity (Wildman–Crippen MR) is 86.3 cm³/mol. The summed E-state index contributed by atoms with van der Waals surface area (Å²) in [5.41, 5.74) is 1.10. The van der Waals surface area contributed by atoms with Crippen LogP contribution in [0.1, 0.15) is 64.4 Å². The van der Waals surface area contributed by atoms with E-state index >= 15 is 0 Å². The fourth-order valence-electron chi connectivity index (χ4n) is 2.17. The van der Waals surface area contributed by atoms with Gasteiger partial charge in [-0.15, -0.1) is 0 Å². The van der Waals surface area contributed by atoms with E-state index in [2.05, 4.69) is 11.8 Å². The minimum Gasteiger partial charge on any atom is -0.287 e. The molecule has 0 aliphatic carbocycles. The number of benzene rings is 1. The van der Waals surface area contributed by atoms with E-state index in [0.29, 0.717) is 5.75 Å². The van der Waals surface area contributed by atoms with Crippen LogP contribution in [0.25, 0.3) is 0 Å². The Bertz CT molecular complexity index is 393. The average molecular weight is 317 g/mol. The molecule has 1 rings (SSSR count). The molecule has 0 unspecified atom stereocenters. The maximum Gasteiger partial charge on any atom is 0.352 e. The van der Waals surface area contributed by atoms with Crippen molar-refractivity contribution in [2.45, 2.75) is 65.2 Å². The van der Waals surface area contributed by atoms with E-state index in [-0.39, 0.29) is 51.4 Å². The van der Waals surface area contributed by atoms with Crippen LogP contribution in [-0.4, -0.2) is 57.4 Å². The van der Waals surface area contributed by atoms with Gasteiger partial charge >= 0.3 is 5.97 Å². The molecule has 3 nitrogen and oxygen atoms in total. The van der Waals surface area contributed by atoms with Gasteiger partial charge in [0.15, 0.2) is 5.75 Å². The topological polar surface area (TPSA) is 35.5 Å². The van der Waals surface area contributed by atoms with Crippen LogP contribution < -0.4 is 4.89 Å². The Hall–Kier alpha value is 0.126. The van der Waals surface area contributed by atoms with Crippen LogP contribution in [0.3, 0.4) is 0 Å². The van der Waals surface area contributed by atoms with Gasteiger partial charge in [-0.1, -0.05) is 63.6 Å². The minimum absolute atomic E-state index is 0. The van der Waals surface area contributed by atoms with Crippen molar-refractivity contribution < 1.29 is 14.6 Å². The standard InChI is InChI=1S/C17H26O3.K/c1-3-4-5-6-7-8-9-12-16-13-10-11-14-17(16)20-19-15(2)18;/h10-11,13-14H,3-9,12H2,1-2H3;. The predicted octanol–water partition coefficient (Wildman–Crippen LogP) is 4.46. The van der Waals surface area contributed by atoms with Crippen molar-refractivity contribution >= 4 is 57.4 Å². The van der Waals surface area contributed by atoms with Crippen molar-refractivity contribution in [1.82, 2.24) is 0 Å². The fourth-order valence-corrected chi connectivity index (χ4v) is 2.17. The summed E-state index contributed by atoms with van der Waals surface area (Å²) in [6, 6.07) is 7.72. The van der Waals surface area contributed by atoms with Crippen molar-refractivity contribution in [2.75, 3.05) is 0 Å². The average Bonchev–Trinajstić information content (AvgIpc) is 2.45. The Balaban J connectivity index is 0.00000400. The van der Waals surface area contributed by atoms with Gasteiger partial charge in [-0.25, -0.2) is 4.79 Å². The minimum atomic E-state index is -0.435. The summed E-state index contributed by atoms with van der Waals surface area (Å²) in [7, 11) is 0. The first-order chi connectivity index (χ1) is 9.74. The number of para-hydroxylation sites is 1. The molecule has 0 amide bonds. The second-order valence-electron chi connectivity index (χ2n) is 5.14. The zero-order chi connectivity index (χ0) is 14.6. The van der Waals surface area contributed by atoms with Gasteiger partial charge in [0, 0.05) is 58.3 Å². The van der Waals surface area contributed by atoms with E-state index in [0.717, 1.165) is 18.4 Å². The number of unbranched alkanes of at least 4 members (excludes halogenated alkanes) is 6. The van der Waals surface area contributed by atoms with Gasteiger partial charge in [-0.05, 0) is 24.5 Å². The van der Waals surface area contributed by atoms with E-state index in [1.807, 2.05) is 24.3 Å². The molecule has 0 aliphatic heterocycles. The van der Waals surface area contributed by atoms with Gasteiger partial charge in [-0.2, -0.15) is 0 Å². The first kappa shape index (κ1) is 21.1. The third kappa shape index (κ3) is 10.5. The molecule has 0 spiro atoms. The molecule has 0 aliphatic rings. The maximum absolute atomic E-state index is 10.8. The van der Waals surface area contributed by atoms with Gasteiger partial charge in [-0.3, -0.25) is 9.78 Å². The van der Waals surface area contributed by atoms with Crippen molar-refractivity contribution in [2.24, 2.45) is 0 Å². The zero-order valence-corrected chi connectivity index (χ0v) is 16.8. The van der Waals surface area contributed by atoms with E-state index in [1.165, 1.54) is 45.4 Å².